The minimum atomic E-state index is 0.168. The van der Waals surface area contributed by atoms with E-state index in [1.165, 1.54) is 11.3 Å². The Morgan fingerprint density at radius 3 is 3.00 bits per heavy atom. The number of nitrogens with zero attached hydrogens (tertiary/aromatic N) is 1. The first-order valence-electron chi connectivity index (χ1n) is 5.74. The lowest BCUT2D eigenvalue weighted by atomic mass is 9.74. The molecule has 2 aliphatic rings. The van der Waals surface area contributed by atoms with Crippen LogP contribution < -0.4 is 11.1 Å². The van der Waals surface area contributed by atoms with Crippen molar-refractivity contribution in [2.45, 2.75) is 30.7 Å². The first-order chi connectivity index (χ1) is 7.33. The molecular formula is C12H17N3. The minimum absolute atomic E-state index is 0.168. The quantitative estimate of drug-likeness (QED) is 0.648. The molecule has 1 aromatic heterocycles. The molecule has 3 nitrogen and oxygen atoms in total. The van der Waals surface area contributed by atoms with Gasteiger partial charge in [-0.2, -0.15) is 0 Å². The van der Waals surface area contributed by atoms with Crippen molar-refractivity contribution in [2.75, 3.05) is 13.1 Å². The molecule has 80 valence electrons. The number of hydrogen-bond acceptors (Lipinski definition) is 3. The Kier molecular flexibility index (Phi) is 2.04. The Labute approximate surface area is 90.1 Å². The Hall–Kier alpha value is -0.930. The van der Waals surface area contributed by atoms with Crippen LogP contribution in [-0.4, -0.2) is 24.1 Å². The van der Waals surface area contributed by atoms with Crippen molar-refractivity contribution in [1.29, 1.82) is 0 Å². The standard InChI is InChI=1S/C12H17N3/c13-10-8-9-2-1-5-15-11(9)12(10)3-6-14-7-4-12/h1-2,5,10,14H,3-4,6-8,13H2/t10-/m1/s1. The molecule has 0 aromatic carbocycles. The van der Waals surface area contributed by atoms with Crippen LogP contribution in [0.2, 0.25) is 0 Å². The molecule has 15 heavy (non-hydrogen) atoms. The number of fused-ring (bicyclic) bond motifs is 2. The van der Waals surface area contributed by atoms with Crippen LogP contribution in [0.5, 0.6) is 0 Å². The monoisotopic (exact) mass is 203 g/mol. The summed E-state index contributed by atoms with van der Waals surface area (Å²) in [5.74, 6) is 0. The second kappa shape index (κ2) is 3.29. The zero-order chi connectivity index (χ0) is 10.3. The van der Waals surface area contributed by atoms with E-state index >= 15 is 0 Å². The molecule has 0 bridgehead atoms. The number of rotatable bonds is 0. The van der Waals surface area contributed by atoms with E-state index in [4.69, 9.17) is 5.73 Å². The van der Waals surface area contributed by atoms with Crippen molar-refractivity contribution in [2.24, 2.45) is 5.73 Å². The van der Waals surface area contributed by atoms with Crippen LogP contribution in [0.3, 0.4) is 0 Å². The van der Waals surface area contributed by atoms with Gasteiger partial charge in [0.15, 0.2) is 0 Å². The van der Waals surface area contributed by atoms with Crippen LogP contribution >= 0.6 is 0 Å². The van der Waals surface area contributed by atoms with Gasteiger partial charge in [0.25, 0.3) is 0 Å². The van der Waals surface area contributed by atoms with Crippen LogP contribution in [-0.2, 0) is 11.8 Å². The SMILES string of the molecule is N[C@@H]1Cc2cccnc2C12CCNCC2. The van der Waals surface area contributed by atoms with Crippen molar-refractivity contribution in [3.05, 3.63) is 29.6 Å². The summed E-state index contributed by atoms with van der Waals surface area (Å²) in [5.41, 5.74) is 9.14. The van der Waals surface area contributed by atoms with Crippen LogP contribution in [0.4, 0.5) is 0 Å². The first kappa shape index (κ1) is 9.31. The first-order valence-corrected chi connectivity index (χ1v) is 5.74. The van der Waals surface area contributed by atoms with Crippen LogP contribution in [0.25, 0.3) is 0 Å². The van der Waals surface area contributed by atoms with Gasteiger partial charge in [-0.3, -0.25) is 4.98 Å². The van der Waals surface area contributed by atoms with E-state index in [1.54, 1.807) is 0 Å². The van der Waals surface area contributed by atoms with Crippen molar-refractivity contribution in [1.82, 2.24) is 10.3 Å². The molecule has 0 radical (unpaired) electrons. The lowest BCUT2D eigenvalue weighted by Crippen LogP contribution is -2.49. The highest BCUT2D eigenvalue weighted by Crippen LogP contribution is 2.42. The summed E-state index contributed by atoms with van der Waals surface area (Å²) >= 11 is 0. The van der Waals surface area contributed by atoms with Crippen LogP contribution in [0.15, 0.2) is 18.3 Å². The molecule has 1 aromatic rings. The Morgan fingerprint density at radius 1 is 1.40 bits per heavy atom. The maximum atomic E-state index is 6.33. The van der Waals surface area contributed by atoms with Crippen molar-refractivity contribution >= 4 is 0 Å². The maximum absolute atomic E-state index is 6.33. The minimum Gasteiger partial charge on any atom is -0.327 e. The molecule has 1 saturated heterocycles. The van der Waals surface area contributed by atoms with Gasteiger partial charge in [-0.25, -0.2) is 0 Å². The fraction of sp³-hybridized carbons (Fsp3) is 0.583. The molecule has 0 amide bonds. The van der Waals surface area contributed by atoms with E-state index in [1.807, 2.05) is 12.3 Å². The zero-order valence-electron chi connectivity index (χ0n) is 8.87. The van der Waals surface area contributed by atoms with Crippen molar-refractivity contribution in [3.8, 4) is 0 Å². The second-order valence-electron chi connectivity index (χ2n) is 4.73. The molecule has 1 atom stereocenters. The molecule has 2 heterocycles. The number of pyridine rings is 1. The molecule has 3 rings (SSSR count). The molecule has 1 aliphatic heterocycles. The fourth-order valence-corrected chi connectivity index (χ4v) is 3.14. The number of piperidine rings is 1. The zero-order valence-corrected chi connectivity index (χ0v) is 8.87. The molecular weight excluding hydrogens is 186 g/mol. The van der Waals surface area contributed by atoms with Crippen molar-refractivity contribution < 1.29 is 0 Å². The molecule has 0 unspecified atom stereocenters. The second-order valence-corrected chi connectivity index (χ2v) is 4.73. The highest BCUT2D eigenvalue weighted by molar-refractivity contribution is 5.37. The number of nitrogens with one attached hydrogen (secondary N) is 1. The van der Waals surface area contributed by atoms with Crippen LogP contribution in [0.1, 0.15) is 24.1 Å². The van der Waals surface area contributed by atoms with Gasteiger partial charge < -0.3 is 11.1 Å². The van der Waals surface area contributed by atoms with E-state index in [0.29, 0.717) is 0 Å². The number of nitrogens with two attached hydrogens (primary N) is 1. The third-order valence-corrected chi connectivity index (χ3v) is 4.01. The highest BCUT2D eigenvalue weighted by atomic mass is 14.9. The topological polar surface area (TPSA) is 50.9 Å². The predicted molar refractivity (Wildman–Crippen MR) is 59.7 cm³/mol. The average Bonchev–Trinajstić information content (AvgIpc) is 2.55. The molecule has 1 spiro atoms. The van der Waals surface area contributed by atoms with Gasteiger partial charge in [-0.15, -0.1) is 0 Å². The maximum Gasteiger partial charge on any atom is 0.0514 e. The van der Waals surface area contributed by atoms with Gasteiger partial charge in [-0.1, -0.05) is 6.07 Å². The smallest absolute Gasteiger partial charge is 0.0514 e. The highest BCUT2D eigenvalue weighted by Gasteiger charge is 2.46. The van der Waals surface area contributed by atoms with Crippen molar-refractivity contribution in [3.63, 3.8) is 0 Å². The third kappa shape index (κ3) is 1.23. The van der Waals surface area contributed by atoms with Gasteiger partial charge in [0.1, 0.15) is 0 Å². The van der Waals surface area contributed by atoms with E-state index in [0.717, 1.165) is 32.4 Å². The van der Waals surface area contributed by atoms with Gasteiger partial charge in [0.2, 0.25) is 0 Å². The summed E-state index contributed by atoms with van der Waals surface area (Å²) < 4.78 is 0. The van der Waals surface area contributed by atoms with E-state index in [-0.39, 0.29) is 11.5 Å². The predicted octanol–water partition coefficient (Wildman–Crippen LogP) is 0.586. The largest absolute Gasteiger partial charge is 0.327 e. The van der Waals surface area contributed by atoms with Gasteiger partial charge in [0, 0.05) is 17.7 Å². The molecule has 3 heteroatoms. The van der Waals surface area contributed by atoms with Gasteiger partial charge in [-0.05, 0) is 44.0 Å². The van der Waals surface area contributed by atoms with Gasteiger partial charge >= 0.3 is 0 Å². The molecule has 3 N–H and O–H groups in total. The molecule has 0 saturated carbocycles. The number of aromatic nitrogens is 1. The fourth-order valence-electron chi connectivity index (χ4n) is 3.14. The van der Waals surface area contributed by atoms with Gasteiger partial charge in [0.05, 0.1) is 5.69 Å². The molecule has 1 fully saturated rings. The number of hydrogen-bond donors (Lipinski definition) is 2. The lowest BCUT2D eigenvalue weighted by molar-refractivity contribution is 0.268. The Balaban J connectivity index is 2.07. The van der Waals surface area contributed by atoms with E-state index in [2.05, 4.69) is 16.4 Å². The normalized spacial score (nSPS) is 27.9. The summed E-state index contributed by atoms with van der Waals surface area (Å²) in [7, 11) is 0. The van der Waals surface area contributed by atoms with Crippen LogP contribution in [0, 0.1) is 0 Å². The summed E-state index contributed by atoms with van der Waals surface area (Å²) in [6.45, 7) is 2.15. The Bertz CT molecular complexity index is 369. The summed E-state index contributed by atoms with van der Waals surface area (Å²) in [4.78, 5) is 4.58. The lowest BCUT2D eigenvalue weighted by Gasteiger charge is -2.37. The third-order valence-electron chi connectivity index (χ3n) is 4.01. The molecule has 1 aliphatic carbocycles. The average molecular weight is 203 g/mol. The van der Waals surface area contributed by atoms with E-state index in [9.17, 15) is 0 Å². The summed E-state index contributed by atoms with van der Waals surface area (Å²) in [6, 6.07) is 4.47. The van der Waals surface area contributed by atoms with E-state index < -0.39 is 0 Å². The summed E-state index contributed by atoms with van der Waals surface area (Å²) in [5, 5.41) is 3.40. The summed E-state index contributed by atoms with van der Waals surface area (Å²) in [6.07, 6.45) is 5.18. The Morgan fingerprint density at radius 2 is 2.20 bits per heavy atom.